The largest absolute Gasteiger partial charge is 0.301 e. The van der Waals surface area contributed by atoms with Crippen LogP contribution >= 0.6 is 23.1 Å². The third-order valence-electron chi connectivity index (χ3n) is 4.01. The Bertz CT molecular complexity index is 943. The monoisotopic (exact) mass is 371 g/mol. The maximum absolute atomic E-state index is 12.2. The number of fused-ring (bicyclic) bond motifs is 1. The first kappa shape index (κ1) is 17.9. The van der Waals surface area contributed by atoms with Crippen LogP contribution in [0.4, 0.5) is 5.13 Å². The fourth-order valence-corrected chi connectivity index (χ4v) is 4.32. The topological polar surface area (TPSA) is 54.9 Å². The van der Waals surface area contributed by atoms with Crippen molar-refractivity contribution in [1.29, 1.82) is 0 Å². The predicted octanol–water partition coefficient (Wildman–Crippen LogP) is 4.96. The van der Waals surface area contributed by atoms with Crippen LogP contribution in [0.2, 0.25) is 0 Å². The van der Waals surface area contributed by atoms with Gasteiger partial charge in [-0.25, -0.2) is 9.97 Å². The van der Waals surface area contributed by atoms with Gasteiger partial charge in [0.2, 0.25) is 5.91 Å². The Kier molecular flexibility index (Phi) is 5.11. The maximum Gasteiger partial charge on any atom is 0.236 e. The van der Waals surface area contributed by atoms with E-state index in [1.807, 2.05) is 20.8 Å². The number of carbonyl (C=O) groups is 1. The number of aromatic nitrogens is 2. The van der Waals surface area contributed by atoms with Crippen molar-refractivity contribution in [3.05, 3.63) is 45.5 Å². The van der Waals surface area contributed by atoms with Gasteiger partial charge in [0.25, 0.3) is 0 Å². The second kappa shape index (κ2) is 7.14. The second-order valence-electron chi connectivity index (χ2n) is 6.26. The average Bonchev–Trinajstić information content (AvgIpc) is 2.83. The van der Waals surface area contributed by atoms with Gasteiger partial charge in [0.15, 0.2) is 5.13 Å². The Labute approximate surface area is 156 Å². The van der Waals surface area contributed by atoms with Crippen molar-refractivity contribution in [3.63, 3.8) is 0 Å². The molecule has 2 heterocycles. The summed E-state index contributed by atoms with van der Waals surface area (Å²) in [4.78, 5) is 22.5. The fraction of sp³-hybridized carbons (Fsp3) is 0.316. The summed E-state index contributed by atoms with van der Waals surface area (Å²) in [6.45, 7) is 10.2. The third kappa shape index (κ3) is 4.02. The van der Waals surface area contributed by atoms with Crippen LogP contribution in [0.15, 0.2) is 23.2 Å². The van der Waals surface area contributed by atoms with E-state index in [9.17, 15) is 4.79 Å². The van der Waals surface area contributed by atoms with Gasteiger partial charge < -0.3 is 5.32 Å². The van der Waals surface area contributed by atoms with E-state index in [0.717, 1.165) is 37.6 Å². The molecular weight excluding hydrogens is 350 g/mol. The number of thiazole rings is 1. The molecular formula is C19H21N3OS2. The Balaban J connectivity index is 1.74. The smallest absolute Gasteiger partial charge is 0.236 e. The molecule has 0 aliphatic heterocycles. The summed E-state index contributed by atoms with van der Waals surface area (Å²) in [5.74, 6) is 0.266. The predicted molar refractivity (Wildman–Crippen MR) is 107 cm³/mol. The minimum atomic E-state index is -0.0549. The second-order valence-corrected chi connectivity index (χ2v) is 8.43. The number of benzene rings is 1. The highest BCUT2D eigenvalue weighted by molar-refractivity contribution is 8.00. The van der Waals surface area contributed by atoms with Gasteiger partial charge in [-0.1, -0.05) is 23.4 Å². The summed E-state index contributed by atoms with van der Waals surface area (Å²) in [6.07, 6.45) is 0. The van der Waals surface area contributed by atoms with E-state index in [1.54, 1.807) is 0 Å². The normalized spacial score (nSPS) is 11.1. The lowest BCUT2D eigenvalue weighted by atomic mass is 10.1. The number of aryl methyl sites for hydroxylation is 5. The van der Waals surface area contributed by atoms with Gasteiger partial charge in [-0.3, -0.25) is 4.79 Å². The summed E-state index contributed by atoms with van der Waals surface area (Å²) in [5, 5.41) is 5.59. The van der Waals surface area contributed by atoms with Crippen LogP contribution in [0.1, 0.15) is 27.3 Å². The number of hydrogen-bond acceptors (Lipinski definition) is 5. The van der Waals surface area contributed by atoms with Crippen molar-refractivity contribution in [2.75, 3.05) is 11.1 Å². The molecule has 0 bridgehead atoms. The molecule has 0 saturated carbocycles. The van der Waals surface area contributed by atoms with Gasteiger partial charge in [-0.15, -0.1) is 11.3 Å². The van der Waals surface area contributed by atoms with Crippen molar-refractivity contribution in [1.82, 2.24) is 9.97 Å². The van der Waals surface area contributed by atoms with E-state index < -0.39 is 0 Å². The van der Waals surface area contributed by atoms with Crippen LogP contribution in [0.25, 0.3) is 10.9 Å². The van der Waals surface area contributed by atoms with Gasteiger partial charge >= 0.3 is 0 Å². The number of carbonyl (C=O) groups excluding carboxylic acids is 1. The lowest BCUT2D eigenvalue weighted by Gasteiger charge is -2.09. The van der Waals surface area contributed by atoms with Crippen molar-refractivity contribution in [3.8, 4) is 0 Å². The lowest BCUT2D eigenvalue weighted by molar-refractivity contribution is -0.113. The Morgan fingerprint density at radius 1 is 1.08 bits per heavy atom. The van der Waals surface area contributed by atoms with E-state index in [-0.39, 0.29) is 5.91 Å². The third-order valence-corrected chi connectivity index (χ3v) is 6.09. The van der Waals surface area contributed by atoms with Gasteiger partial charge in [-0.05, 0) is 57.9 Å². The SMILES string of the molecule is Cc1cc(C)c2nc(SCC(=O)Nc3nc(C)c(C)s3)c(C)cc2c1. The van der Waals surface area contributed by atoms with Crippen molar-refractivity contribution in [2.45, 2.75) is 39.6 Å². The fourth-order valence-electron chi connectivity index (χ4n) is 2.70. The minimum Gasteiger partial charge on any atom is -0.301 e. The molecule has 0 radical (unpaired) electrons. The number of anilines is 1. The number of thioether (sulfide) groups is 1. The lowest BCUT2D eigenvalue weighted by Crippen LogP contribution is -2.14. The Hall–Kier alpha value is -1.92. The molecule has 2 aromatic heterocycles. The first-order chi connectivity index (χ1) is 11.8. The summed E-state index contributed by atoms with van der Waals surface area (Å²) in [6, 6.07) is 6.44. The van der Waals surface area contributed by atoms with Gasteiger partial charge in [0.05, 0.1) is 17.0 Å². The highest BCUT2D eigenvalue weighted by Crippen LogP contribution is 2.27. The van der Waals surface area contributed by atoms with Crippen molar-refractivity contribution < 1.29 is 4.79 Å². The van der Waals surface area contributed by atoms with Crippen LogP contribution in [0.5, 0.6) is 0 Å². The number of rotatable bonds is 4. The molecule has 0 spiro atoms. The summed E-state index contributed by atoms with van der Waals surface area (Å²) in [5.41, 5.74) is 5.46. The molecule has 6 heteroatoms. The molecule has 1 aromatic carbocycles. The van der Waals surface area contributed by atoms with E-state index in [4.69, 9.17) is 4.98 Å². The minimum absolute atomic E-state index is 0.0549. The van der Waals surface area contributed by atoms with E-state index >= 15 is 0 Å². The first-order valence-electron chi connectivity index (χ1n) is 8.09. The summed E-state index contributed by atoms with van der Waals surface area (Å²) < 4.78 is 0. The molecule has 130 valence electrons. The van der Waals surface area contributed by atoms with Gasteiger partial charge in [-0.2, -0.15) is 0 Å². The quantitative estimate of drug-likeness (QED) is 0.658. The zero-order valence-corrected chi connectivity index (χ0v) is 16.7. The Morgan fingerprint density at radius 3 is 2.52 bits per heavy atom. The number of pyridine rings is 1. The molecule has 0 saturated heterocycles. The van der Waals surface area contributed by atoms with Crippen LogP contribution in [-0.2, 0) is 4.79 Å². The average molecular weight is 372 g/mol. The van der Waals surface area contributed by atoms with E-state index in [0.29, 0.717) is 10.9 Å². The molecule has 0 fully saturated rings. The standard InChI is InChI=1S/C19H21N3OS2/c1-10-6-11(2)17-15(7-10)8-12(3)18(22-17)24-9-16(23)21-19-20-13(4)14(5)25-19/h6-8H,9H2,1-5H3,(H,20,21,23). The van der Waals surface area contributed by atoms with Gasteiger partial charge in [0.1, 0.15) is 5.03 Å². The molecule has 3 aromatic rings. The first-order valence-corrected chi connectivity index (χ1v) is 9.89. The van der Waals surface area contributed by atoms with Crippen molar-refractivity contribution in [2.24, 2.45) is 0 Å². The van der Waals surface area contributed by atoms with E-state index in [2.05, 4.69) is 42.3 Å². The molecule has 0 aliphatic rings. The number of nitrogens with one attached hydrogen (secondary N) is 1. The molecule has 0 unspecified atom stereocenters. The molecule has 1 N–H and O–H groups in total. The summed E-state index contributed by atoms with van der Waals surface area (Å²) >= 11 is 2.97. The van der Waals surface area contributed by atoms with Gasteiger partial charge in [0, 0.05) is 10.3 Å². The van der Waals surface area contributed by atoms with E-state index in [1.165, 1.54) is 28.7 Å². The highest BCUT2D eigenvalue weighted by Gasteiger charge is 2.11. The molecule has 25 heavy (non-hydrogen) atoms. The maximum atomic E-state index is 12.2. The van der Waals surface area contributed by atoms with Crippen LogP contribution in [-0.4, -0.2) is 21.6 Å². The number of amides is 1. The number of hydrogen-bond donors (Lipinski definition) is 1. The molecule has 0 atom stereocenters. The molecule has 4 nitrogen and oxygen atoms in total. The molecule has 1 amide bonds. The highest BCUT2D eigenvalue weighted by atomic mass is 32.2. The van der Waals surface area contributed by atoms with Crippen molar-refractivity contribution >= 4 is 45.0 Å². The zero-order valence-electron chi connectivity index (χ0n) is 15.1. The van der Waals surface area contributed by atoms with Crippen LogP contribution in [0, 0.1) is 34.6 Å². The zero-order chi connectivity index (χ0) is 18.1. The van der Waals surface area contributed by atoms with Crippen LogP contribution in [0.3, 0.4) is 0 Å². The molecule has 3 rings (SSSR count). The summed E-state index contributed by atoms with van der Waals surface area (Å²) in [7, 11) is 0. The Morgan fingerprint density at radius 2 is 1.84 bits per heavy atom. The van der Waals surface area contributed by atoms with Crippen LogP contribution < -0.4 is 5.32 Å². The number of nitrogens with zero attached hydrogens (tertiary/aromatic N) is 2. The molecule has 0 aliphatic carbocycles.